The summed E-state index contributed by atoms with van der Waals surface area (Å²) in [5, 5.41) is 12.1. The van der Waals surface area contributed by atoms with Crippen LogP contribution >= 0.6 is 23.2 Å². The summed E-state index contributed by atoms with van der Waals surface area (Å²) in [5.41, 5.74) is 2.74. The van der Waals surface area contributed by atoms with Crippen LogP contribution in [0.25, 0.3) is 5.57 Å². The van der Waals surface area contributed by atoms with E-state index in [9.17, 15) is 13.9 Å². The van der Waals surface area contributed by atoms with Crippen molar-refractivity contribution in [3.8, 4) is 0 Å². The molecule has 6 heteroatoms. The first-order valence-corrected chi connectivity index (χ1v) is 11.0. The molecule has 0 bridgehead atoms. The quantitative estimate of drug-likeness (QED) is 0.435. The van der Waals surface area contributed by atoms with Crippen LogP contribution in [0.2, 0.25) is 10.0 Å². The molecule has 1 aliphatic heterocycles. The highest BCUT2D eigenvalue weighted by atomic mass is 35.5. The Morgan fingerprint density at radius 3 is 1.69 bits per heavy atom. The summed E-state index contributed by atoms with van der Waals surface area (Å²) in [4.78, 5) is 2.24. The standard InChI is InChI=1S/C26H23Cl2F2NO/c1-26(2,32)24(18-11-22(29)13-23(30)12-18)19-14-31(15-19)25(16-3-7-20(27)8-4-16)17-5-9-21(28)10-6-17/h3-13,25,32H,14-15H2,1-2H3. The lowest BCUT2D eigenvalue weighted by Gasteiger charge is -2.44. The topological polar surface area (TPSA) is 23.5 Å². The van der Waals surface area contributed by atoms with Crippen molar-refractivity contribution < 1.29 is 13.9 Å². The van der Waals surface area contributed by atoms with Crippen LogP contribution < -0.4 is 0 Å². The first-order chi connectivity index (χ1) is 15.1. The van der Waals surface area contributed by atoms with E-state index in [2.05, 4.69) is 4.90 Å². The third kappa shape index (κ3) is 4.89. The predicted molar refractivity (Wildman–Crippen MR) is 126 cm³/mol. The van der Waals surface area contributed by atoms with Gasteiger partial charge in [-0.1, -0.05) is 47.5 Å². The fourth-order valence-electron chi connectivity index (χ4n) is 4.38. The molecule has 4 rings (SSSR count). The number of benzene rings is 3. The van der Waals surface area contributed by atoms with Gasteiger partial charge in [0.2, 0.25) is 0 Å². The summed E-state index contributed by atoms with van der Waals surface area (Å²) in [5.74, 6) is -1.34. The van der Waals surface area contributed by atoms with Gasteiger partial charge in [0.15, 0.2) is 0 Å². The summed E-state index contributed by atoms with van der Waals surface area (Å²) in [6.07, 6.45) is 0. The highest BCUT2D eigenvalue weighted by Crippen LogP contribution is 2.40. The Labute approximate surface area is 196 Å². The monoisotopic (exact) mass is 473 g/mol. The van der Waals surface area contributed by atoms with E-state index in [4.69, 9.17) is 23.2 Å². The van der Waals surface area contributed by atoms with Crippen molar-refractivity contribution in [1.29, 1.82) is 0 Å². The average molecular weight is 474 g/mol. The van der Waals surface area contributed by atoms with Crippen LogP contribution in [0.5, 0.6) is 0 Å². The number of aliphatic hydroxyl groups is 1. The molecule has 32 heavy (non-hydrogen) atoms. The number of rotatable bonds is 5. The second-order valence-corrected chi connectivity index (χ2v) is 9.48. The lowest BCUT2D eigenvalue weighted by Crippen LogP contribution is -2.45. The molecule has 0 saturated carbocycles. The maximum atomic E-state index is 13.9. The normalized spacial score (nSPS) is 14.6. The van der Waals surface area contributed by atoms with E-state index in [-0.39, 0.29) is 6.04 Å². The van der Waals surface area contributed by atoms with E-state index in [0.717, 1.165) is 22.8 Å². The van der Waals surface area contributed by atoms with Gasteiger partial charge in [0.25, 0.3) is 0 Å². The number of hydrogen-bond acceptors (Lipinski definition) is 2. The highest BCUT2D eigenvalue weighted by molar-refractivity contribution is 6.30. The van der Waals surface area contributed by atoms with Crippen molar-refractivity contribution in [2.45, 2.75) is 25.5 Å². The molecule has 3 aromatic rings. The van der Waals surface area contributed by atoms with Crippen molar-refractivity contribution in [3.63, 3.8) is 0 Å². The summed E-state index contributed by atoms with van der Waals surface area (Å²) in [7, 11) is 0. The molecule has 0 spiro atoms. The number of likely N-dealkylation sites (tertiary alicyclic amines) is 1. The van der Waals surface area contributed by atoms with Gasteiger partial charge < -0.3 is 5.11 Å². The van der Waals surface area contributed by atoms with Gasteiger partial charge in [0, 0.05) is 29.2 Å². The third-order valence-electron chi connectivity index (χ3n) is 5.64. The molecule has 0 aromatic heterocycles. The molecular weight excluding hydrogens is 451 g/mol. The Bertz CT molecular complexity index is 1080. The fraction of sp³-hybridized carbons (Fsp3) is 0.231. The van der Waals surface area contributed by atoms with Crippen LogP contribution in [-0.4, -0.2) is 28.7 Å². The molecule has 1 aliphatic rings. The first-order valence-electron chi connectivity index (χ1n) is 10.3. The van der Waals surface area contributed by atoms with Crippen molar-refractivity contribution in [2.75, 3.05) is 13.1 Å². The molecule has 1 saturated heterocycles. The van der Waals surface area contributed by atoms with Crippen LogP contribution in [0, 0.1) is 11.6 Å². The number of hydrogen-bond donors (Lipinski definition) is 1. The Hall–Kier alpha value is -2.24. The van der Waals surface area contributed by atoms with Crippen LogP contribution in [0.1, 0.15) is 36.6 Å². The van der Waals surface area contributed by atoms with E-state index in [1.54, 1.807) is 13.8 Å². The van der Waals surface area contributed by atoms with Crippen LogP contribution in [0.15, 0.2) is 72.3 Å². The Kier molecular flexibility index (Phi) is 6.42. The molecule has 0 aliphatic carbocycles. The molecule has 166 valence electrons. The average Bonchev–Trinajstić information content (AvgIpc) is 2.67. The van der Waals surface area contributed by atoms with Crippen molar-refractivity contribution in [3.05, 3.63) is 111 Å². The van der Waals surface area contributed by atoms with Gasteiger partial charge in [-0.05, 0) is 78.1 Å². The maximum Gasteiger partial charge on any atom is 0.126 e. The minimum Gasteiger partial charge on any atom is -0.386 e. The smallest absolute Gasteiger partial charge is 0.126 e. The minimum atomic E-state index is -1.25. The molecule has 2 nitrogen and oxygen atoms in total. The zero-order valence-electron chi connectivity index (χ0n) is 17.7. The summed E-state index contributed by atoms with van der Waals surface area (Å²) in [6.45, 7) is 4.37. The Balaban J connectivity index is 1.72. The Morgan fingerprint density at radius 2 is 1.28 bits per heavy atom. The zero-order chi connectivity index (χ0) is 23.0. The molecule has 0 unspecified atom stereocenters. The second-order valence-electron chi connectivity index (χ2n) is 8.61. The second kappa shape index (κ2) is 8.95. The van der Waals surface area contributed by atoms with E-state index in [1.807, 2.05) is 48.5 Å². The van der Waals surface area contributed by atoms with E-state index in [1.165, 1.54) is 12.1 Å². The van der Waals surface area contributed by atoms with Gasteiger partial charge >= 0.3 is 0 Å². The van der Waals surface area contributed by atoms with Gasteiger partial charge in [-0.15, -0.1) is 0 Å². The van der Waals surface area contributed by atoms with Gasteiger partial charge in [0.05, 0.1) is 11.6 Å². The van der Waals surface area contributed by atoms with Crippen LogP contribution in [0.4, 0.5) is 8.78 Å². The van der Waals surface area contributed by atoms with E-state index >= 15 is 0 Å². The largest absolute Gasteiger partial charge is 0.386 e. The van der Waals surface area contributed by atoms with Gasteiger partial charge in [-0.2, -0.15) is 0 Å². The molecule has 1 fully saturated rings. The van der Waals surface area contributed by atoms with Crippen LogP contribution in [-0.2, 0) is 0 Å². The molecule has 1 N–H and O–H groups in total. The maximum absolute atomic E-state index is 13.9. The minimum absolute atomic E-state index is 0.0550. The van der Waals surface area contributed by atoms with Crippen molar-refractivity contribution in [1.82, 2.24) is 4.90 Å². The SMILES string of the molecule is CC(C)(O)C(=C1CN(C(c2ccc(Cl)cc2)c2ccc(Cl)cc2)C1)c1cc(F)cc(F)c1. The van der Waals surface area contributed by atoms with E-state index < -0.39 is 17.2 Å². The van der Waals surface area contributed by atoms with Gasteiger partial charge in [-0.3, -0.25) is 4.90 Å². The van der Waals surface area contributed by atoms with Gasteiger partial charge in [-0.25, -0.2) is 8.78 Å². The summed E-state index contributed by atoms with van der Waals surface area (Å²) >= 11 is 12.2. The third-order valence-corrected chi connectivity index (χ3v) is 6.15. The molecule has 1 heterocycles. The zero-order valence-corrected chi connectivity index (χ0v) is 19.3. The lowest BCUT2D eigenvalue weighted by atomic mass is 9.82. The molecule has 3 aromatic carbocycles. The fourth-order valence-corrected chi connectivity index (χ4v) is 4.63. The van der Waals surface area contributed by atoms with Gasteiger partial charge in [0.1, 0.15) is 11.6 Å². The molecule has 0 amide bonds. The molecule has 0 radical (unpaired) electrons. The van der Waals surface area contributed by atoms with Crippen molar-refractivity contribution in [2.24, 2.45) is 0 Å². The first kappa shape index (κ1) is 22.9. The van der Waals surface area contributed by atoms with Crippen LogP contribution in [0.3, 0.4) is 0 Å². The molecular formula is C26H23Cl2F2NO. The number of halogens is 4. The summed E-state index contributed by atoms with van der Waals surface area (Å²) < 4.78 is 27.8. The highest BCUT2D eigenvalue weighted by Gasteiger charge is 2.36. The van der Waals surface area contributed by atoms with E-state index in [0.29, 0.717) is 34.3 Å². The molecule has 0 atom stereocenters. The number of nitrogens with zero attached hydrogens (tertiary/aromatic N) is 1. The Morgan fingerprint density at radius 1 is 0.844 bits per heavy atom. The summed E-state index contributed by atoms with van der Waals surface area (Å²) in [6, 6.07) is 18.7. The van der Waals surface area contributed by atoms with Crippen molar-refractivity contribution >= 4 is 28.8 Å². The predicted octanol–water partition coefficient (Wildman–Crippen LogP) is 6.90. The lowest BCUT2D eigenvalue weighted by molar-refractivity contribution is 0.136.